The molecular formula is C13H9N2O3S. The summed E-state index contributed by atoms with van der Waals surface area (Å²) >= 11 is 0. The molecule has 0 saturated carbocycles. The summed E-state index contributed by atoms with van der Waals surface area (Å²) in [6.45, 7) is 0. The average Bonchev–Trinajstić information content (AvgIpc) is 2.79. The highest BCUT2D eigenvalue weighted by molar-refractivity contribution is 7.84. The molecule has 5 nitrogen and oxygen atoms in total. The minimum atomic E-state index is -4.42. The Morgan fingerprint density at radius 2 is 1.89 bits per heavy atom. The Labute approximate surface area is 110 Å². The van der Waals surface area contributed by atoms with Crippen molar-refractivity contribution >= 4 is 21.3 Å². The number of benzene rings is 2. The van der Waals surface area contributed by atoms with Gasteiger partial charge in [-0.15, -0.1) is 0 Å². The summed E-state index contributed by atoms with van der Waals surface area (Å²) in [7, 11) is -4.42. The maximum Gasteiger partial charge on any atom is 0.365 e. The summed E-state index contributed by atoms with van der Waals surface area (Å²) in [5, 5.41) is 0. The largest absolute Gasteiger partial charge is 0.365 e. The molecule has 2 aromatic carbocycles. The third-order valence-electron chi connectivity index (χ3n) is 2.72. The number of fused-ring (bicyclic) bond motifs is 1. The van der Waals surface area contributed by atoms with Crippen molar-refractivity contribution in [1.29, 1.82) is 0 Å². The number of hydrogen-bond acceptors (Lipinski definition) is 3. The van der Waals surface area contributed by atoms with Crippen LogP contribution in [0.15, 0.2) is 48.5 Å². The van der Waals surface area contributed by atoms with E-state index in [1.807, 2.05) is 6.07 Å². The highest BCUT2D eigenvalue weighted by Gasteiger charge is 2.20. The average molecular weight is 273 g/mol. The maximum absolute atomic E-state index is 11.6. The number of imidazole rings is 1. The first-order valence-electron chi connectivity index (χ1n) is 5.49. The second-order valence-corrected chi connectivity index (χ2v) is 5.22. The highest BCUT2D eigenvalue weighted by atomic mass is 32.2. The lowest BCUT2D eigenvalue weighted by Crippen LogP contribution is -2.12. The van der Waals surface area contributed by atoms with Gasteiger partial charge in [-0.2, -0.15) is 12.4 Å². The van der Waals surface area contributed by atoms with Crippen molar-refractivity contribution in [2.75, 3.05) is 0 Å². The number of hydrogen-bond donors (Lipinski definition) is 1. The Balaban J connectivity index is 2.43. The van der Waals surface area contributed by atoms with Gasteiger partial charge in [0, 0.05) is 5.56 Å². The molecule has 0 aliphatic rings. The minimum Gasteiger partial charge on any atom is -0.269 e. The van der Waals surface area contributed by atoms with Crippen LogP contribution >= 0.6 is 0 Å². The van der Waals surface area contributed by atoms with E-state index in [0.717, 1.165) is 3.97 Å². The second kappa shape index (κ2) is 4.18. The van der Waals surface area contributed by atoms with E-state index in [1.54, 1.807) is 42.5 Å². The van der Waals surface area contributed by atoms with E-state index >= 15 is 0 Å². The zero-order valence-electron chi connectivity index (χ0n) is 9.69. The lowest BCUT2D eigenvalue weighted by Gasteiger charge is -2.04. The van der Waals surface area contributed by atoms with Crippen LogP contribution < -0.4 is 0 Å². The van der Waals surface area contributed by atoms with Crippen LogP contribution in [0.2, 0.25) is 0 Å². The predicted molar refractivity (Wildman–Crippen MR) is 71.0 cm³/mol. The first-order valence-corrected chi connectivity index (χ1v) is 6.89. The van der Waals surface area contributed by atoms with Gasteiger partial charge in [-0.05, 0) is 18.2 Å². The monoisotopic (exact) mass is 273 g/mol. The van der Waals surface area contributed by atoms with Gasteiger partial charge in [0.2, 0.25) is 0 Å². The molecule has 19 heavy (non-hydrogen) atoms. The quantitative estimate of drug-likeness (QED) is 0.726. The van der Waals surface area contributed by atoms with Crippen molar-refractivity contribution < 1.29 is 13.0 Å². The molecule has 6 heteroatoms. The smallest absolute Gasteiger partial charge is 0.269 e. The molecule has 1 heterocycles. The molecule has 95 valence electrons. The van der Waals surface area contributed by atoms with Gasteiger partial charge in [0.05, 0.1) is 11.0 Å². The molecule has 0 unspecified atom stereocenters. The fourth-order valence-corrected chi connectivity index (χ4v) is 2.72. The number of rotatable bonds is 2. The molecule has 0 amide bonds. The van der Waals surface area contributed by atoms with Crippen molar-refractivity contribution in [3.63, 3.8) is 0 Å². The van der Waals surface area contributed by atoms with Crippen LogP contribution in [-0.4, -0.2) is 21.9 Å². The van der Waals surface area contributed by atoms with Gasteiger partial charge in [-0.3, -0.25) is 4.55 Å². The topological polar surface area (TPSA) is 72.2 Å². The van der Waals surface area contributed by atoms with E-state index in [4.69, 9.17) is 0 Å². The van der Waals surface area contributed by atoms with Crippen LogP contribution in [0.4, 0.5) is 0 Å². The summed E-state index contributed by atoms with van der Waals surface area (Å²) in [6.07, 6.45) is 0. The third kappa shape index (κ3) is 2.00. The van der Waals surface area contributed by atoms with E-state index < -0.39 is 10.3 Å². The van der Waals surface area contributed by atoms with Gasteiger partial charge in [0.15, 0.2) is 5.82 Å². The normalized spacial score (nSPS) is 11.8. The third-order valence-corrected chi connectivity index (χ3v) is 3.55. The number of nitrogens with zero attached hydrogens (tertiary/aromatic N) is 2. The molecule has 3 rings (SSSR count). The van der Waals surface area contributed by atoms with Crippen LogP contribution in [0, 0.1) is 6.07 Å². The Hall–Kier alpha value is -2.18. The molecule has 1 N–H and O–H groups in total. The zero-order chi connectivity index (χ0) is 13.5. The van der Waals surface area contributed by atoms with Gasteiger partial charge < -0.3 is 0 Å². The standard InChI is InChI=1S/C13H9N2O3S/c16-19(17,18)15-12-9-5-4-8-11(12)14-13(15)10-6-2-1-3-7-10/h1-3,5-9H,(H,16,17,18). The van der Waals surface area contributed by atoms with Crippen molar-refractivity contribution in [3.05, 3.63) is 54.6 Å². The number of aromatic nitrogens is 2. The van der Waals surface area contributed by atoms with Crippen molar-refractivity contribution in [2.45, 2.75) is 0 Å². The zero-order valence-corrected chi connectivity index (χ0v) is 10.5. The predicted octanol–water partition coefficient (Wildman–Crippen LogP) is 2.15. The highest BCUT2D eigenvalue weighted by Crippen LogP contribution is 2.25. The van der Waals surface area contributed by atoms with E-state index in [2.05, 4.69) is 11.1 Å². The van der Waals surface area contributed by atoms with Crippen LogP contribution in [-0.2, 0) is 10.3 Å². The Morgan fingerprint density at radius 1 is 1.16 bits per heavy atom. The van der Waals surface area contributed by atoms with E-state index in [0.29, 0.717) is 16.6 Å². The Kier molecular flexibility index (Phi) is 2.62. The molecule has 1 aromatic heterocycles. The molecule has 0 fully saturated rings. The molecule has 0 saturated heterocycles. The van der Waals surface area contributed by atoms with E-state index in [1.165, 1.54) is 0 Å². The molecule has 0 aliphatic heterocycles. The van der Waals surface area contributed by atoms with E-state index in [9.17, 15) is 13.0 Å². The van der Waals surface area contributed by atoms with Crippen LogP contribution in [0.25, 0.3) is 22.4 Å². The Bertz CT molecular complexity index is 839. The molecule has 3 aromatic rings. The van der Waals surface area contributed by atoms with Gasteiger partial charge in [0.1, 0.15) is 0 Å². The van der Waals surface area contributed by atoms with Gasteiger partial charge >= 0.3 is 10.3 Å². The molecule has 0 atom stereocenters. The van der Waals surface area contributed by atoms with Crippen molar-refractivity contribution in [3.8, 4) is 11.4 Å². The Morgan fingerprint density at radius 3 is 2.58 bits per heavy atom. The summed E-state index contributed by atoms with van der Waals surface area (Å²) < 4.78 is 33.4. The first-order chi connectivity index (χ1) is 9.07. The van der Waals surface area contributed by atoms with Crippen molar-refractivity contribution in [2.24, 2.45) is 0 Å². The van der Waals surface area contributed by atoms with Gasteiger partial charge in [-0.1, -0.05) is 36.4 Å². The first kappa shape index (κ1) is 11.9. The summed E-state index contributed by atoms with van der Waals surface area (Å²) in [4.78, 5) is 4.24. The summed E-state index contributed by atoms with van der Waals surface area (Å²) in [6, 6.07) is 16.3. The summed E-state index contributed by atoms with van der Waals surface area (Å²) in [5.41, 5.74) is 1.38. The molecule has 0 bridgehead atoms. The fraction of sp³-hybridized carbons (Fsp3) is 0. The molecule has 0 spiro atoms. The van der Waals surface area contributed by atoms with Crippen molar-refractivity contribution in [1.82, 2.24) is 8.96 Å². The molecule has 0 aliphatic carbocycles. The second-order valence-electron chi connectivity index (χ2n) is 3.96. The fourth-order valence-electron chi connectivity index (χ4n) is 1.95. The minimum absolute atomic E-state index is 0.178. The maximum atomic E-state index is 11.6. The van der Waals surface area contributed by atoms with Gasteiger partial charge in [-0.25, -0.2) is 4.98 Å². The van der Waals surface area contributed by atoms with Gasteiger partial charge in [0.25, 0.3) is 0 Å². The van der Waals surface area contributed by atoms with Crippen LogP contribution in [0.1, 0.15) is 0 Å². The molecule has 1 radical (unpaired) electrons. The lowest BCUT2D eigenvalue weighted by molar-refractivity contribution is 0.475. The summed E-state index contributed by atoms with van der Waals surface area (Å²) in [5.74, 6) is 0.178. The molecular weight excluding hydrogens is 264 g/mol. The van der Waals surface area contributed by atoms with Crippen LogP contribution in [0.3, 0.4) is 0 Å². The lowest BCUT2D eigenvalue weighted by atomic mass is 10.2. The SMILES string of the molecule is O=S(=O)(O)n1c(-c2ccccc2)nc2c[c]ccc21. The van der Waals surface area contributed by atoms with Crippen LogP contribution in [0.5, 0.6) is 0 Å². The van der Waals surface area contributed by atoms with E-state index in [-0.39, 0.29) is 5.82 Å².